The number of benzene rings is 2. The van der Waals surface area contributed by atoms with Gasteiger partial charge in [-0.1, -0.05) is 50.6 Å². The number of carbonyl (C=O) groups is 2. The molecule has 2 aromatic carbocycles. The number of imide groups is 1. The van der Waals surface area contributed by atoms with E-state index < -0.39 is 0 Å². The average molecular weight is 447 g/mol. The monoisotopic (exact) mass is 446 g/mol. The number of hydrogen-bond acceptors (Lipinski definition) is 4. The third-order valence-corrected chi connectivity index (χ3v) is 6.45. The van der Waals surface area contributed by atoms with Crippen molar-refractivity contribution in [1.29, 1.82) is 0 Å². The number of aryl methyl sites for hydroxylation is 2. The van der Waals surface area contributed by atoms with Gasteiger partial charge in [0, 0.05) is 13.1 Å². The molecule has 0 aromatic heterocycles. The van der Waals surface area contributed by atoms with E-state index in [-0.39, 0.29) is 11.8 Å². The van der Waals surface area contributed by atoms with E-state index >= 15 is 0 Å². The fourth-order valence-electron chi connectivity index (χ4n) is 5.13. The summed E-state index contributed by atoms with van der Waals surface area (Å²) in [6.45, 7) is 12.7. The van der Waals surface area contributed by atoms with Gasteiger partial charge in [0.2, 0.25) is 0 Å². The Morgan fingerprint density at radius 3 is 2.21 bits per heavy atom. The van der Waals surface area contributed by atoms with E-state index in [1.54, 1.807) is 0 Å². The van der Waals surface area contributed by atoms with E-state index in [0.29, 0.717) is 35.4 Å². The Kier molecular flexibility index (Phi) is 6.59. The maximum Gasteiger partial charge on any atom is 0.282 e. The number of amides is 2. The molecule has 0 aliphatic carbocycles. The first-order chi connectivity index (χ1) is 15.8. The Hall–Kier alpha value is -3.08. The number of likely N-dealkylation sites (tertiary alicyclic amines) is 1. The summed E-state index contributed by atoms with van der Waals surface area (Å²) >= 11 is 0. The predicted octanol–water partition coefficient (Wildman–Crippen LogP) is 5.35. The summed E-state index contributed by atoms with van der Waals surface area (Å²) in [6.07, 6.45) is 2.06. The highest BCUT2D eigenvalue weighted by atomic mass is 16.5. The van der Waals surface area contributed by atoms with Crippen molar-refractivity contribution < 1.29 is 14.3 Å². The highest BCUT2D eigenvalue weighted by Gasteiger charge is 2.44. The van der Waals surface area contributed by atoms with Crippen molar-refractivity contribution >= 4 is 23.1 Å². The van der Waals surface area contributed by atoms with E-state index in [0.717, 1.165) is 48.4 Å². The second-order valence-electron chi connectivity index (χ2n) is 9.68. The van der Waals surface area contributed by atoms with Crippen molar-refractivity contribution in [1.82, 2.24) is 4.90 Å². The van der Waals surface area contributed by atoms with Crippen molar-refractivity contribution in [3.05, 3.63) is 64.9 Å². The topological polar surface area (TPSA) is 49.9 Å². The summed E-state index contributed by atoms with van der Waals surface area (Å²) in [7, 11) is 0. The lowest BCUT2D eigenvalue weighted by Crippen LogP contribution is -2.42. The summed E-state index contributed by atoms with van der Waals surface area (Å²) < 4.78 is 5.72. The Balaban J connectivity index is 1.79. The second kappa shape index (κ2) is 9.42. The van der Waals surface area contributed by atoms with Crippen LogP contribution in [0.15, 0.2) is 48.2 Å². The maximum atomic E-state index is 13.8. The van der Waals surface area contributed by atoms with Crippen LogP contribution in [-0.2, 0) is 9.59 Å². The molecule has 2 aliphatic heterocycles. The molecule has 0 saturated carbocycles. The molecule has 2 aromatic rings. The number of carbonyl (C=O) groups excluding carboxylic acids is 2. The molecule has 0 bridgehead atoms. The molecule has 2 aliphatic rings. The minimum Gasteiger partial charge on any atom is -0.494 e. The van der Waals surface area contributed by atoms with Crippen LogP contribution in [0.3, 0.4) is 0 Å². The van der Waals surface area contributed by atoms with Crippen LogP contribution < -0.4 is 9.64 Å². The molecule has 5 heteroatoms. The van der Waals surface area contributed by atoms with E-state index in [9.17, 15) is 9.59 Å². The molecule has 2 unspecified atom stereocenters. The van der Waals surface area contributed by atoms with Gasteiger partial charge >= 0.3 is 0 Å². The van der Waals surface area contributed by atoms with Gasteiger partial charge in [-0.3, -0.25) is 9.59 Å². The van der Waals surface area contributed by atoms with E-state index in [4.69, 9.17) is 4.74 Å². The molecule has 0 spiro atoms. The summed E-state index contributed by atoms with van der Waals surface area (Å²) in [5.41, 5.74) is 4.45. The molecule has 1 fully saturated rings. The van der Waals surface area contributed by atoms with Gasteiger partial charge in [-0.05, 0) is 67.9 Å². The lowest BCUT2D eigenvalue weighted by Gasteiger charge is -2.37. The first-order valence-electron chi connectivity index (χ1n) is 12.0. The zero-order valence-corrected chi connectivity index (χ0v) is 20.4. The predicted molar refractivity (Wildman–Crippen MR) is 132 cm³/mol. The van der Waals surface area contributed by atoms with Crippen LogP contribution in [0, 0.1) is 25.7 Å². The van der Waals surface area contributed by atoms with Gasteiger partial charge < -0.3 is 9.64 Å². The zero-order chi connectivity index (χ0) is 23.7. The summed E-state index contributed by atoms with van der Waals surface area (Å²) in [5, 5.41) is 0. The van der Waals surface area contributed by atoms with Crippen LogP contribution in [0.2, 0.25) is 0 Å². The quantitative estimate of drug-likeness (QED) is 0.561. The third kappa shape index (κ3) is 4.54. The molecule has 2 amide bonds. The van der Waals surface area contributed by atoms with Crippen molar-refractivity contribution in [2.45, 2.75) is 47.5 Å². The highest BCUT2D eigenvalue weighted by molar-refractivity contribution is 6.45. The number of piperidine rings is 1. The molecule has 0 N–H and O–H groups in total. The van der Waals surface area contributed by atoms with Crippen molar-refractivity contribution in [3.63, 3.8) is 0 Å². The third-order valence-electron chi connectivity index (χ3n) is 6.45. The highest BCUT2D eigenvalue weighted by Crippen LogP contribution is 2.38. The van der Waals surface area contributed by atoms with Crippen LogP contribution >= 0.6 is 0 Å². The summed E-state index contributed by atoms with van der Waals surface area (Å²) in [5.74, 6) is 1.21. The number of nitrogens with zero attached hydrogens (tertiary/aromatic N) is 2. The standard InChI is InChI=1S/C28H34N2O3/c1-6-13-33-23-10-8-22(9-11-23)25-26(29-16-19(3)14-20(4)17-29)28(32)30(27(25)31)24-12-7-18(2)15-21(24)5/h7-12,15,19-20H,6,13-14,16-17H2,1-5H3. The largest absolute Gasteiger partial charge is 0.494 e. The molecule has 174 valence electrons. The van der Waals surface area contributed by atoms with Crippen molar-refractivity contribution in [3.8, 4) is 5.75 Å². The van der Waals surface area contributed by atoms with Crippen LogP contribution in [-0.4, -0.2) is 36.4 Å². The Morgan fingerprint density at radius 2 is 1.61 bits per heavy atom. The Bertz CT molecular complexity index is 1080. The molecule has 4 rings (SSSR count). The van der Waals surface area contributed by atoms with Crippen LogP contribution in [0.1, 0.15) is 50.3 Å². The van der Waals surface area contributed by atoms with Crippen LogP contribution in [0.25, 0.3) is 5.57 Å². The second-order valence-corrected chi connectivity index (χ2v) is 9.68. The van der Waals surface area contributed by atoms with Crippen LogP contribution in [0.5, 0.6) is 5.75 Å². The number of anilines is 1. The summed E-state index contributed by atoms with van der Waals surface area (Å²) in [6, 6.07) is 13.4. The molecule has 5 nitrogen and oxygen atoms in total. The van der Waals surface area contributed by atoms with Gasteiger partial charge in [-0.25, -0.2) is 4.90 Å². The minimum absolute atomic E-state index is 0.227. The van der Waals surface area contributed by atoms with E-state index in [2.05, 4.69) is 25.7 Å². The van der Waals surface area contributed by atoms with Gasteiger partial charge in [0.05, 0.1) is 17.9 Å². The molecular formula is C28H34N2O3. The lowest BCUT2D eigenvalue weighted by molar-refractivity contribution is -0.120. The molecule has 1 saturated heterocycles. The van der Waals surface area contributed by atoms with Gasteiger partial charge in [-0.15, -0.1) is 0 Å². The van der Waals surface area contributed by atoms with Crippen molar-refractivity contribution in [2.75, 3.05) is 24.6 Å². The Labute approximate surface area is 197 Å². The molecule has 2 heterocycles. The molecule has 0 radical (unpaired) electrons. The van der Waals surface area contributed by atoms with Crippen molar-refractivity contribution in [2.24, 2.45) is 11.8 Å². The van der Waals surface area contributed by atoms with E-state index in [1.165, 1.54) is 4.90 Å². The molecule has 2 atom stereocenters. The fraction of sp³-hybridized carbons (Fsp3) is 0.429. The van der Waals surface area contributed by atoms with E-state index in [1.807, 2.05) is 56.3 Å². The molecule has 33 heavy (non-hydrogen) atoms. The number of ether oxygens (including phenoxy) is 1. The van der Waals surface area contributed by atoms with Gasteiger partial charge in [0.15, 0.2) is 0 Å². The number of hydrogen-bond donors (Lipinski definition) is 0. The minimum atomic E-state index is -0.255. The average Bonchev–Trinajstić information content (AvgIpc) is 3.02. The maximum absolute atomic E-state index is 13.8. The first kappa shape index (κ1) is 23.1. The van der Waals surface area contributed by atoms with Crippen LogP contribution in [0.4, 0.5) is 5.69 Å². The number of rotatable bonds is 6. The smallest absolute Gasteiger partial charge is 0.282 e. The van der Waals surface area contributed by atoms with Gasteiger partial charge in [-0.2, -0.15) is 0 Å². The van der Waals surface area contributed by atoms with Gasteiger partial charge in [0.25, 0.3) is 11.8 Å². The van der Waals surface area contributed by atoms with Gasteiger partial charge in [0.1, 0.15) is 11.4 Å². The Morgan fingerprint density at radius 1 is 0.939 bits per heavy atom. The first-order valence-corrected chi connectivity index (χ1v) is 12.0. The SMILES string of the molecule is CCCOc1ccc(C2=C(N3CC(C)CC(C)C3)C(=O)N(c3ccc(C)cc3C)C2=O)cc1. The normalized spacial score (nSPS) is 21.2. The fourth-order valence-corrected chi connectivity index (χ4v) is 5.13. The lowest BCUT2D eigenvalue weighted by atomic mass is 9.91. The molecular weight excluding hydrogens is 412 g/mol. The zero-order valence-electron chi connectivity index (χ0n) is 20.4. The summed E-state index contributed by atoms with van der Waals surface area (Å²) in [4.78, 5) is 31.2.